The van der Waals surface area contributed by atoms with Gasteiger partial charge in [0.25, 0.3) is 0 Å². The SMILES string of the molecule is Cc1c(C#N)c(NC(=O)CSc2nccn2-c2cccc(F)c2)n(C[C@H]2CCCO2)c1C. The molecule has 3 aromatic rings. The molecule has 0 spiro atoms. The Kier molecular flexibility index (Phi) is 6.63. The van der Waals surface area contributed by atoms with Crippen molar-refractivity contribution in [3.63, 3.8) is 0 Å². The van der Waals surface area contributed by atoms with E-state index in [1.807, 2.05) is 18.4 Å². The minimum absolute atomic E-state index is 0.0795. The summed E-state index contributed by atoms with van der Waals surface area (Å²) in [5.41, 5.74) is 2.91. The zero-order valence-electron chi connectivity index (χ0n) is 18.0. The van der Waals surface area contributed by atoms with Crippen molar-refractivity contribution in [1.29, 1.82) is 5.26 Å². The van der Waals surface area contributed by atoms with E-state index in [1.54, 1.807) is 29.1 Å². The summed E-state index contributed by atoms with van der Waals surface area (Å²) in [6.07, 6.45) is 5.40. The average molecular weight is 454 g/mol. The molecule has 166 valence electrons. The second-order valence-corrected chi connectivity index (χ2v) is 8.63. The maximum Gasteiger partial charge on any atom is 0.235 e. The van der Waals surface area contributed by atoms with Gasteiger partial charge in [-0.25, -0.2) is 9.37 Å². The van der Waals surface area contributed by atoms with Gasteiger partial charge in [0.2, 0.25) is 5.91 Å². The summed E-state index contributed by atoms with van der Waals surface area (Å²) in [6, 6.07) is 8.42. The highest BCUT2D eigenvalue weighted by Crippen LogP contribution is 2.29. The van der Waals surface area contributed by atoms with E-state index in [-0.39, 0.29) is 23.6 Å². The lowest BCUT2D eigenvalue weighted by molar-refractivity contribution is -0.113. The molecule has 1 saturated heterocycles. The monoisotopic (exact) mass is 453 g/mol. The molecule has 32 heavy (non-hydrogen) atoms. The number of hydrogen-bond donors (Lipinski definition) is 1. The predicted molar refractivity (Wildman–Crippen MR) is 120 cm³/mol. The number of rotatable bonds is 7. The van der Waals surface area contributed by atoms with Gasteiger partial charge in [0.1, 0.15) is 17.7 Å². The first-order chi connectivity index (χ1) is 15.5. The standard InChI is InChI=1S/C23H24FN5O2S/c1-15-16(2)29(13-19-7-4-10-31-19)22(20(15)12-25)27-21(30)14-32-23-26-8-9-28(23)18-6-3-5-17(24)11-18/h3,5-6,8-9,11,19H,4,7,10,13-14H2,1-2H3,(H,27,30)/t19-/m1/s1. The molecule has 2 aromatic heterocycles. The molecule has 7 nitrogen and oxygen atoms in total. The van der Waals surface area contributed by atoms with Crippen molar-refractivity contribution in [1.82, 2.24) is 14.1 Å². The van der Waals surface area contributed by atoms with Crippen molar-refractivity contribution in [3.05, 3.63) is 59.3 Å². The number of carbonyl (C=O) groups is 1. The second kappa shape index (κ2) is 9.59. The summed E-state index contributed by atoms with van der Waals surface area (Å²) < 4.78 is 23.1. The Morgan fingerprint density at radius 1 is 1.44 bits per heavy atom. The first-order valence-electron chi connectivity index (χ1n) is 10.4. The molecule has 1 atom stereocenters. The van der Waals surface area contributed by atoms with Gasteiger partial charge >= 0.3 is 0 Å². The van der Waals surface area contributed by atoms with Gasteiger partial charge in [0.15, 0.2) is 5.16 Å². The van der Waals surface area contributed by atoms with Gasteiger partial charge in [0.05, 0.1) is 29.7 Å². The van der Waals surface area contributed by atoms with E-state index < -0.39 is 0 Å². The molecular formula is C23H24FN5O2S. The van der Waals surface area contributed by atoms with Crippen LogP contribution in [0.3, 0.4) is 0 Å². The number of hydrogen-bond acceptors (Lipinski definition) is 5. The van der Waals surface area contributed by atoms with Crippen LogP contribution in [0.5, 0.6) is 0 Å². The molecule has 4 rings (SSSR count). The van der Waals surface area contributed by atoms with E-state index in [0.29, 0.717) is 28.8 Å². The molecular weight excluding hydrogens is 429 g/mol. The fourth-order valence-electron chi connectivity index (χ4n) is 3.87. The number of nitrogens with zero attached hydrogens (tertiary/aromatic N) is 4. The number of anilines is 1. The van der Waals surface area contributed by atoms with E-state index in [2.05, 4.69) is 16.4 Å². The lowest BCUT2D eigenvalue weighted by Crippen LogP contribution is -2.22. The molecule has 0 radical (unpaired) electrons. The average Bonchev–Trinajstić information content (AvgIpc) is 3.51. The van der Waals surface area contributed by atoms with Crippen molar-refractivity contribution < 1.29 is 13.9 Å². The van der Waals surface area contributed by atoms with Crippen LogP contribution in [0.25, 0.3) is 5.69 Å². The van der Waals surface area contributed by atoms with Crippen LogP contribution >= 0.6 is 11.8 Å². The van der Waals surface area contributed by atoms with Crippen molar-refractivity contribution in [3.8, 4) is 11.8 Å². The number of halogens is 1. The molecule has 0 unspecified atom stereocenters. The zero-order chi connectivity index (χ0) is 22.7. The van der Waals surface area contributed by atoms with Crippen LogP contribution in [0.15, 0.2) is 41.8 Å². The van der Waals surface area contributed by atoms with E-state index >= 15 is 0 Å². The molecule has 1 fully saturated rings. The molecule has 9 heteroatoms. The van der Waals surface area contributed by atoms with Crippen LogP contribution in [-0.4, -0.2) is 38.5 Å². The third-order valence-corrected chi connectivity index (χ3v) is 6.60. The molecule has 1 aliphatic heterocycles. The smallest absolute Gasteiger partial charge is 0.235 e. The lowest BCUT2D eigenvalue weighted by atomic mass is 10.2. The molecule has 1 amide bonds. The number of ether oxygens (including phenoxy) is 1. The summed E-state index contributed by atoms with van der Waals surface area (Å²) >= 11 is 1.25. The molecule has 0 bridgehead atoms. The van der Waals surface area contributed by atoms with Crippen molar-refractivity contribution >= 4 is 23.5 Å². The van der Waals surface area contributed by atoms with Crippen LogP contribution in [0.4, 0.5) is 10.2 Å². The maximum absolute atomic E-state index is 13.6. The lowest BCUT2D eigenvalue weighted by Gasteiger charge is -2.17. The van der Waals surface area contributed by atoms with Crippen molar-refractivity contribution in [2.45, 2.75) is 44.5 Å². The first-order valence-corrected chi connectivity index (χ1v) is 11.4. The summed E-state index contributed by atoms with van der Waals surface area (Å²) in [6.45, 7) is 5.18. The maximum atomic E-state index is 13.6. The molecule has 0 aliphatic carbocycles. The van der Waals surface area contributed by atoms with Crippen LogP contribution in [0.2, 0.25) is 0 Å². The van der Waals surface area contributed by atoms with Gasteiger partial charge in [-0.3, -0.25) is 9.36 Å². The van der Waals surface area contributed by atoms with Gasteiger partial charge in [-0.2, -0.15) is 5.26 Å². The normalized spacial score (nSPS) is 15.6. The Morgan fingerprint density at radius 3 is 3.00 bits per heavy atom. The number of imidazole rings is 1. The van der Waals surface area contributed by atoms with Gasteiger partial charge in [-0.1, -0.05) is 17.8 Å². The van der Waals surface area contributed by atoms with Crippen molar-refractivity contribution in [2.75, 3.05) is 17.7 Å². The van der Waals surface area contributed by atoms with E-state index in [0.717, 1.165) is 30.7 Å². The Morgan fingerprint density at radius 2 is 2.28 bits per heavy atom. The third-order valence-electron chi connectivity index (χ3n) is 5.63. The fourth-order valence-corrected chi connectivity index (χ4v) is 4.64. The number of amides is 1. The topological polar surface area (TPSA) is 84.9 Å². The van der Waals surface area contributed by atoms with E-state index in [4.69, 9.17) is 4.74 Å². The third kappa shape index (κ3) is 4.56. The Balaban J connectivity index is 1.49. The predicted octanol–water partition coefficient (Wildman–Crippen LogP) is 4.21. The molecule has 1 aromatic carbocycles. The van der Waals surface area contributed by atoms with Crippen molar-refractivity contribution in [2.24, 2.45) is 0 Å². The van der Waals surface area contributed by atoms with Gasteiger partial charge in [-0.05, 0) is 50.5 Å². The fraction of sp³-hybridized carbons (Fsp3) is 0.348. The summed E-state index contributed by atoms with van der Waals surface area (Å²) in [4.78, 5) is 17.1. The number of thioether (sulfide) groups is 1. The minimum atomic E-state index is -0.341. The van der Waals surface area contributed by atoms with Gasteiger partial charge < -0.3 is 14.6 Å². The zero-order valence-corrected chi connectivity index (χ0v) is 18.8. The number of aromatic nitrogens is 3. The van der Waals surface area contributed by atoms with Crippen LogP contribution in [-0.2, 0) is 16.1 Å². The highest BCUT2D eigenvalue weighted by molar-refractivity contribution is 7.99. The number of benzene rings is 1. The molecule has 1 aliphatic rings. The first kappa shape index (κ1) is 22.1. The van der Waals surface area contributed by atoms with E-state index in [1.165, 1.54) is 23.9 Å². The number of carbonyl (C=O) groups excluding carboxylic acids is 1. The largest absolute Gasteiger partial charge is 0.376 e. The Bertz CT molecular complexity index is 1170. The molecule has 0 saturated carbocycles. The van der Waals surface area contributed by atoms with E-state index in [9.17, 15) is 14.4 Å². The van der Waals surface area contributed by atoms with Gasteiger partial charge in [0, 0.05) is 24.7 Å². The molecule has 1 N–H and O–H groups in total. The summed E-state index contributed by atoms with van der Waals surface area (Å²) in [5.74, 6) is 0.0237. The number of nitriles is 1. The van der Waals surface area contributed by atoms with Crippen LogP contribution < -0.4 is 5.32 Å². The van der Waals surface area contributed by atoms with Gasteiger partial charge in [-0.15, -0.1) is 0 Å². The Labute approximate surface area is 190 Å². The summed E-state index contributed by atoms with van der Waals surface area (Å²) in [7, 11) is 0. The molecule has 3 heterocycles. The second-order valence-electron chi connectivity index (χ2n) is 7.69. The Hall–Kier alpha value is -3.09. The quantitative estimate of drug-likeness (QED) is 0.542. The highest BCUT2D eigenvalue weighted by Gasteiger charge is 2.24. The van der Waals surface area contributed by atoms with Crippen LogP contribution in [0, 0.1) is 31.0 Å². The van der Waals surface area contributed by atoms with Crippen LogP contribution in [0.1, 0.15) is 29.7 Å². The number of nitrogens with one attached hydrogen (secondary N) is 1. The summed E-state index contributed by atoms with van der Waals surface area (Å²) in [5, 5.41) is 13.2. The minimum Gasteiger partial charge on any atom is -0.376 e. The highest BCUT2D eigenvalue weighted by atomic mass is 32.2.